The minimum absolute atomic E-state index is 0.0128. The van der Waals surface area contributed by atoms with Crippen LogP contribution in [0.3, 0.4) is 0 Å². The van der Waals surface area contributed by atoms with Crippen LogP contribution >= 0.6 is 11.3 Å². The van der Waals surface area contributed by atoms with E-state index in [2.05, 4.69) is 47.5 Å². The molecule has 514 valence electrons. The molecule has 0 bridgehead atoms. The standard InChI is InChI=1S/C65H99N13O14S/c1-13-39(6)54(76-62(88)65(10)28-17-31-77(65)11)60(85)78(12)51(37(2)3)34-52(92-42(9)80)59-74-50(36-93-59)57(83)71-47(32-40(7)61(86)87)33-43-20-24-46(25-21-43)72-64(90)91-35-44-22-26-45(27-23-44)70-55(81)49(19-16-30-68-63(67)89)73-58(84)53(38(4)5)75-56(82)48(69-41(8)79)18-14-15-29-66/h20-27,36-40,47-49,51-54H,13-19,28-35,66H2,1-12H3,(H,69,79)(H,70,81)(H,71,83)(H,72,90)(H,73,84)(H,75,82)(H,76,88)(H,86,87)(H3,67,68,89)/t39-,40-,47+,48-,49-,51+,52+,53-,54-,65+/m0/s1. The molecule has 2 heterocycles. The smallest absolute Gasteiger partial charge is 0.411 e. The van der Waals surface area contributed by atoms with Crippen molar-refractivity contribution in [3.05, 3.63) is 75.7 Å². The third-order valence-electron chi connectivity index (χ3n) is 16.8. The number of nitrogens with zero attached hydrogens (tertiary/aromatic N) is 3. The number of primary amides is 1. The van der Waals surface area contributed by atoms with Crippen molar-refractivity contribution in [2.45, 2.75) is 194 Å². The Hall–Kier alpha value is -8.24. The highest BCUT2D eigenvalue weighted by atomic mass is 32.1. The number of hydrogen-bond donors (Lipinski definition) is 11. The maximum atomic E-state index is 14.4. The number of carboxylic acids is 1. The molecule has 1 aliphatic rings. The van der Waals surface area contributed by atoms with E-state index in [0.29, 0.717) is 66.2 Å². The monoisotopic (exact) mass is 1320 g/mol. The lowest BCUT2D eigenvalue weighted by atomic mass is 9.91. The zero-order valence-electron chi connectivity index (χ0n) is 55.8. The second-order valence-electron chi connectivity index (χ2n) is 25.0. The first-order valence-electron chi connectivity index (χ1n) is 31.9. The average molecular weight is 1320 g/mol. The summed E-state index contributed by atoms with van der Waals surface area (Å²) in [6, 6.07) is 7.19. The van der Waals surface area contributed by atoms with Gasteiger partial charge in [-0.25, -0.2) is 14.6 Å². The van der Waals surface area contributed by atoms with Gasteiger partial charge in [0.25, 0.3) is 5.91 Å². The fourth-order valence-electron chi connectivity index (χ4n) is 10.8. The molecule has 0 unspecified atom stereocenters. The van der Waals surface area contributed by atoms with E-state index in [0.717, 1.165) is 24.3 Å². The van der Waals surface area contributed by atoms with Gasteiger partial charge >= 0.3 is 24.1 Å². The number of nitrogens with two attached hydrogens (primary N) is 2. The zero-order chi connectivity index (χ0) is 69.3. The second kappa shape index (κ2) is 37.5. The Morgan fingerprint density at radius 1 is 0.763 bits per heavy atom. The maximum absolute atomic E-state index is 14.4. The van der Waals surface area contributed by atoms with Crippen LogP contribution in [-0.2, 0) is 60.9 Å². The molecule has 10 atom stereocenters. The quantitative estimate of drug-likeness (QED) is 0.0251. The van der Waals surface area contributed by atoms with E-state index in [1.54, 1.807) is 74.3 Å². The Bertz CT molecular complexity index is 3020. The molecule has 0 aliphatic carbocycles. The summed E-state index contributed by atoms with van der Waals surface area (Å²) in [5, 5.41) is 33.7. The summed E-state index contributed by atoms with van der Waals surface area (Å²) >= 11 is 1.10. The fourth-order valence-corrected chi connectivity index (χ4v) is 11.7. The van der Waals surface area contributed by atoms with E-state index >= 15 is 0 Å². The van der Waals surface area contributed by atoms with Crippen LogP contribution in [0, 0.1) is 23.7 Å². The number of nitrogens with one attached hydrogen (secondary N) is 8. The number of unbranched alkanes of at least 4 members (excludes halogenated alkanes) is 1. The van der Waals surface area contributed by atoms with Crippen LogP contribution < -0.4 is 54.0 Å². The van der Waals surface area contributed by atoms with Gasteiger partial charge in [0.2, 0.25) is 35.4 Å². The lowest BCUT2D eigenvalue weighted by Gasteiger charge is -2.38. The van der Waals surface area contributed by atoms with Gasteiger partial charge in [-0.15, -0.1) is 11.3 Å². The van der Waals surface area contributed by atoms with Gasteiger partial charge < -0.3 is 68.2 Å². The Balaban J connectivity index is 1.39. The molecule has 1 aromatic heterocycles. The van der Waals surface area contributed by atoms with Gasteiger partial charge in [0.15, 0.2) is 6.10 Å². The number of likely N-dealkylation sites (tertiary alicyclic amines) is 1. The number of thiazole rings is 1. The van der Waals surface area contributed by atoms with Crippen LogP contribution in [0.1, 0.15) is 166 Å². The normalized spacial score (nSPS) is 16.8. The predicted molar refractivity (Wildman–Crippen MR) is 352 cm³/mol. The van der Waals surface area contributed by atoms with Gasteiger partial charge in [-0.2, -0.15) is 0 Å². The van der Waals surface area contributed by atoms with Crippen molar-refractivity contribution in [1.82, 2.24) is 46.7 Å². The Morgan fingerprint density at radius 3 is 1.95 bits per heavy atom. The molecule has 93 heavy (non-hydrogen) atoms. The van der Waals surface area contributed by atoms with Crippen LogP contribution in [-0.4, -0.2) is 161 Å². The molecule has 4 rings (SSSR count). The van der Waals surface area contributed by atoms with Crippen LogP contribution in [0.4, 0.5) is 21.0 Å². The molecular formula is C65H99N13O14S. The van der Waals surface area contributed by atoms with Gasteiger partial charge in [0.1, 0.15) is 41.5 Å². The number of likely N-dealkylation sites (N-methyl/N-ethyl adjacent to an activating group) is 2. The van der Waals surface area contributed by atoms with Crippen molar-refractivity contribution in [3.63, 3.8) is 0 Å². The number of amides is 10. The molecule has 0 spiro atoms. The van der Waals surface area contributed by atoms with E-state index in [1.165, 1.54) is 26.2 Å². The maximum Gasteiger partial charge on any atom is 0.411 e. The number of carboxylic acid groups (broad SMARTS) is 1. The van der Waals surface area contributed by atoms with Crippen molar-refractivity contribution in [2.24, 2.45) is 35.1 Å². The number of rotatable bonds is 37. The number of carbonyl (C=O) groups excluding carboxylic acids is 10. The van der Waals surface area contributed by atoms with Crippen molar-refractivity contribution in [2.75, 3.05) is 44.4 Å². The summed E-state index contributed by atoms with van der Waals surface area (Å²) in [6.07, 6.45) is 2.64. The highest BCUT2D eigenvalue weighted by Crippen LogP contribution is 2.32. The zero-order valence-corrected chi connectivity index (χ0v) is 56.6. The molecule has 27 nitrogen and oxygen atoms in total. The molecule has 10 amide bonds. The SMILES string of the molecule is CC[C@H](C)[C@H](NC(=O)[C@@]1(C)CCCN1C)C(=O)N(C)[C@H](C[C@@H](OC(C)=O)c1nc(C(=O)N[C@@H](Cc2ccc(NC(=O)OCc3ccc(NC(=O)[C@H](CCCNC(N)=O)NC(=O)[C@@H](NC(=O)[C@H](CCCCN)NC(C)=O)C(C)C)cc3)cc2)C[C@H](C)C(=O)O)cs1)C(C)C. The molecular weight excluding hydrogens is 1220 g/mol. The number of urea groups is 1. The topological polar surface area (TPSA) is 394 Å². The number of aliphatic carboxylic acids is 1. The Morgan fingerprint density at radius 2 is 1.39 bits per heavy atom. The highest BCUT2D eigenvalue weighted by molar-refractivity contribution is 7.09. The van der Waals surface area contributed by atoms with Crippen LogP contribution in [0.15, 0.2) is 53.9 Å². The lowest BCUT2D eigenvalue weighted by molar-refractivity contribution is -0.149. The van der Waals surface area contributed by atoms with Crippen LogP contribution in [0.2, 0.25) is 0 Å². The third kappa shape index (κ3) is 24.6. The van der Waals surface area contributed by atoms with Crippen LogP contribution in [0.5, 0.6) is 0 Å². The average Bonchev–Trinajstić information content (AvgIpc) is 1.81. The first-order valence-corrected chi connectivity index (χ1v) is 32.7. The lowest BCUT2D eigenvalue weighted by Crippen LogP contribution is -2.60. The summed E-state index contributed by atoms with van der Waals surface area (Å²) in [4.78, 5) is 152. The number of hydrogen-bond acceptors (Lipinski definition) is 17. The van der Waals surface area contributed by atoms with Crippen molar-refractivity contribution < 1.29 is 67.3 Å². The number of esters is 1. The molecule has 3 aromatic rings. The number of carbonyl (C=O) groups is 11. The number of ether oxygens (including phenoxy) is 2. The number of anilines is 2. The van der Waals surface area contributed by atoms with Crippen molar-refractivity contribution in [1.29, 1.82) is 0 Å². The summed E-state index contributed by atoms with van der Waals surface area (Å²) in [5.41, 5.74) is 12.1. The first kappa shape index (κ1) is 77.2. The van der Waals surface area contributed by atoms with E-state index in [-0.39, 0.29) is 74.6 Å². The fraction of sp³-hybridized carbons (Fsp3) is 0.600. The summed E-state index contributed by atoms with van der Waals surface area (Å²) < 4.78 is 11.3. The van der Waals surface area contributed by atoms with E-state index in [9.17, 15) is 57.8 Å². The van der Waals surface area contributed by atoms with Gasteiger partial charge in [0, 0.05) is 62.7 Å². The Labute approximate surface area is 549 Å². The van der Waals surface area contributed by atoms with Crippen molar-refractivity contribution >= 4 is 88.1 Å². The number of benzene rings is 2. The minimum atomic E-state index is -1.13. The molecule has 28 heteroatoms. The molecule has 1 aliphatic heterocycles. The second-order valence-corrected chi connectivity index (χ2v) is 25.9. The third-order valence-corrected chi connectivity index (χ3v) is 17.8. The summed E-state index contributed by atoms with van der Waals surface area (Å²) in [6.45, 7) is 18.3. The van der Waals surface area contributed by atoms with E-state index in [1.807, 2.05) is 46.6 Å². The van der Waals surface area contributed by atoms with E-state index in [4.69, 9.17) is 20.9 Å². The van der Waals surface area contributed by atoms with Gasteiger partial charge in [-0.1, -0.05) is 79.2 Å². The summed E-state index contributed by atoms with van der Waals surface area (Å²) in [5.74, 6) is -6.56. The first-order chi connectivity index (χ1) is 43.9. The van der Waals surface area contributed by atoms with Crippen LogP contribution in [0.25, 0.3) is 0 Å². The molecule has 2 aromatic carbocycles. The van der Waals surface area contributed by atoms with Gasteiger partial charge in [-0.3, -0.25) is 53.4 Å². The largest absolute Gasteiger partial charge is 0.481 e. The van der Waals surface area contributed by atoms with Gasteiger partial charge in [0.05, 0.1) is 11.5 Å². The molecule has 1 saturated heterocycles. The predicted octanol–water partition coefficient (Wildman–Crippen LogP) is 5.48. The highest BCUT2D eigenvalue weighted by Gasteiger charge is 2.44. The van der Waals surface area contributed by atoms with Gasteiger partial charge in [-0.05, 0) is 138 Å². The molecule has 1 fully saturated rings. The van der Waals surface area contributed by atoms with E-state index < -0.39 is 113 Å². The molecule has 13 N–H and O–H groups in total. The summed E-state index contributed by atoms with van der Waals surface area (Å²) in [7, 11) is 3.58. The number of aromatic nitrogens is 1. The molecule has 0 radical (unpaired) electrons. The van der Waals surface area contributed by atoms with Crippen molar-refractivity contribution in [3.8, 4) is 0 Å². The minimum Gasteiger partial charge on any atom is -0.481 e. The molecule has 0 saturated carbocycles. The Kier molecular flexibility index (Phi) is 31.1.